The van der Waals surface area contributed by atoms with Gasteiger partial charge in [0.1, 0.15) is 5.78 Å². The SMILES string of the molecule is CCCCC(C)(C)CCC(=O)C12CCCC1(C)OCC2. The zero-order valence-electron chi connectivity index (χ0n) is 13.9. The minimum atomic E-state index is -0.155. The molecule has 2 aliphatic rings. The Bertz CT molecular complexity index is 346. The molecule has 1 heterocycles. The first kappa shape index (κ1) is 16.0. The quantitative estimate of drug-likeness (QED) is 0.663. The van der Waals surface area contributed by atoms with Gasteiger partial charge in [0, 0.05) is 13.0 Å². The van der Waals surface area contributed by atoms with Crippen LogP contribution in [-0.2, 0) is 9.53 Å². The van der Waals surface area contributed by atoms with Gasteiger partial charge in [0.05, 0.1) is 11.0 Å². The van der Waals surface area contributed by atoms with Crippen molar-refractivity contribution >= 4 is 5.78 Å². The van der Waals surface area contributed by atoms with E-state index in [0.29, 0.717) is 11.2 Å². The van der Waals surface area contributed by atoms with Crippen molar-refractivity contribution in [2.45, 2.75) is 91.1 Å². The molecule has 20 heavy (non-hydrogen) atoms. The molecule has 2 rings (SSSR count). The number of unbranched alkanes of at least 4 members (excludes halogenated alkanes) is 1. The summed E-state index contributed by atoms with van der Waals surface area (Å²) >= 11 is 0. The molecule has 0 aromatic rings. The second-order valence-corrected chi connectivity index (χ2v) is 7.96. The maximum absolute atomic E-state index is 12.9. The van der Waals surface area contributed by atoms with Crippen molar-refractivity contribution in [3.05, 3.63) is 0 Å². The lowest BCUT2D eigenvalue weighted by Gasteiger charge is -2.36. The maximum Gasteiger partial charge on any atom is 0.142 e. The summed E-state index contributed by atoms with van der Waals surface area (Å²) < 4.78 is 5.96. The number of ketones is 1. The van der Waals surface area contributed by atoms with E-state index in [1.807, 2.05) is 0 Å². The van der Waals surface area contributed by atoms with Crippen molar-refractivity contribution in [2.24, 2.45) is 10.8 Å². The van der Waals surface area contributed by atoms with Gasteiger partial charge in [-0.25, -0.2) is 0 Å². The maximum atomic E-state index is 12.9. The molecule has 0 spiro atoms. The predicted octanol–water partition coefficient (Wildman–Crippen LogP) is 4.90. The van der Waals surface area contributed by atoms with Crippen molar-refractivity contribution < 1.29 is 9.53 Å². The highest BCUT2D eigenvalue weighted by Crippen LogP contribution is 2.56. The molecule has 2 heteroatoms. The van der Waals surface area contributed by atoms with Crippen LogP contribution in [0, 0.1) is 10.8 Å². The van der Waals surface area contributed by atoms with Gasteiger partial charge in [-0.3, -0.25) is 4.79 Å². The lowest BCUT2D eigenvalue weighted by atomic mass is 9.69. The molecule has 2 fully saturated rings. The molecule has 2 atom stereocenters. The van der Waals surface area contributed by atoms with Crippen LogP contribution >= 0.6 is 0 Å². The van der Waals surface area contributed by atoms with Crippen LogP contribution in [0.15, 0.2) is 0 Å². The van der Waals surface area contributed by atoms with Crippen LogP contribution in [-0.4, -0.2) is 18.0 Å². The van der Waals surface area contributed by atoms with E-state index in [-0.39, 0.29) is 11.0 Å². The largest absolute Gasteiger partial charge is 0.374 e. The first-order chi connectivity index (χ1) is 9.35. The Morgan fingerprint density at radius 1 is 1.20 bits per heavy atom. The number of rotatable bonds is 7. The van der Waals surface area contributed by atoms with Crippen LogP contribution in [0.1, 0.15) is 85.5 Å². The standard InChI is InChI=1S/C18H32O2/c1-5-6-9-16(2,3)12-8-15(19)18-11-7-10-17(18,4)20-14-13-18/h5-14H2,1-4H3. The van der Waals surface area contributed by atoms with Crippen molar-refractivity contribution in [1.82, 2.24) is 0 Å². The third kappa shape index (κ3) is 2.81. The average Bonchev–Trinajstić information content (AvgIpc) is 2.87. The van der Waals surface area contributed by atoms with E-state index in [2.05, 4.69) is 27.7 Å². The molecule has 1 aliphatic carbocycles. The summed E-state index contributed by atoms with van der Waals surface area (Å²) in [6, 6.07) is 0. The molecule has 0 N–H and O–H groups in total. The zero-order chi connectivity index (χ0) is 14.9. The van der Waals surface area contributed by atoms with Crippen LogP contribution in [0.4, 0.5) is 0 Å². The molecule has 0 amide bonds. The molecule has 0 aromatic heterocycles. The number of fused-ring (bicyclic) bond motifs is 1. The van der Waals surface area contributed by atoms with Gasteiger partial charge < -0.3 is 4.74 Å². The van der Waals surface area contributed by atoms with Crippen molar-refractivity contribution in [2.75, 3.05) is 6.61 Å². The van der Waals surface area contributed by atoms with Crippen LogP contribution < -0.4 is 0 Å². The van der Waals surface area contributed by atoms with Crippen molar-refractivity contribution in [1.29, 1.82) is 0 Å². The Morgan fingerprint density at radius 3 is 2.65 bits per heavy atom. The summed E-state index contributed by atoms with van der Waals surface area (Å²) in [5.41, 5.74) is 0.00224. The lowest BCUT2D eigenvalue weighted by molar-refractivity contribution is -0.136. The fraction of sp³-hybridized carbons (Fsp3) is 0.944. The summed E-state index contributed by atoms with van der Waals surface area (Å²) in [6.45, 7) is 9.81. The van der Waals surface area contributed by atoms with Crippen molar-refractivity contribution in [3.63, 3.8) is 0 Å². The predicted molar refractivity (Wildman–Crippen MR) is 82.8 cm³/mol. The number of carbonyl (C=O) groups is 1. The van der Waals surface area contributed by atoms with Gasteiger partial charge in [0.15, 0.2) is 0 Å². The number of hydrogen-bond donors (Lipinski definition) is 0. The Kier molecular flexibility index (Phi) is 4.63. The Morgan fingerprint density at radius 2 is 1.95 bits per heavy atom. The molecule has 2 nitrogen and oxygen atoms in total. The van der Waals surface area contributed by atoms with Crippen LogP contribution in [0.25, 0.3) is 0 Å². The molecule has 0 aromatic carbocycles. The summed E-state index contributed by atoms with van der Waals surface area (Å²) in [5, 5.41) is 0. The normalized spacial score (nSPS) is 33.4. The molecular formula is C18H32O2. The van der Waals surface area contributed by atoms with E-state index in [4.69, 9.17) is 4.74 Å². The molecule has 1 saturated carbocycles. The Labute approximate surface area is 124 Å². The van der Waals surface area contributed by atoms with E-state index in [0.717, 1.165) is 45.1 Å². The van der Waals surface area contributed by atoms with Gasteiger partial charge in [-0.1, -0.05) is 33.6 Å². The summed E-state index contributed by atoms with van der Waals surface area (Å²) in [6.07, 6.45) is 9.76. The summed E-state index contributed by atoms with van der Waals surface area (Å²) in [4.78, 5) is 12.9. The van der Waals surface area contributed by atoms with E-state index in [1.54, 1.807) is 0 Å². The minimum Gasteiger partial charge on any atom is -0.374 e. The number of carbonyl (C=O) groups excluding carboxylic acids is 1. The van der Waals surface area contributed by atoms with Crippen LogP contribution in [0.2, 0.25) is 0 Å². The van der Waals surface area contributed by atoms with Gasteiger partial charge in [-0.2, -0.15) is 0 Å². The van der Waals surface area contributed by atoms with Gasteiger partial charge >= 0.3 is 0 Å². The fourth-order valence-corrected chi connectivity index (χ4v) is 4.33. The second-order valence-electron chi connectivity index (χ2n) is 7.96. The first-order valence-electron chi connectivity index (χ1n) is 8.53. The third-order valence-electron chi connectivity index (χ3n) is 5.99. The number of hydrogen-bond acceptors (Lipinski definition) is 2. The Balaban J connectivity index is 1.95. The molecule has 0 bridgehead atoms. The highest BCUT2D eigenvalue weighted by Gasteiger charge is 2.59. The molecular weight excluding hydrogens is 248 g/mol. The fourth-order valence-electron chi connectivity index (χ4n) is 4.33. The van der Waals surface area contributed by atoms with Crippen LogP contribution in [0.5, 0.6) is 0 Å². The van der Waals surface area contributed by atoms with E-state index in [9.17, 15) is 4.79 Å². The monoisotopic (exact) mass is 280 g/mol. The van der Waals surface area contributed by atoms with E-state index in [1.165, 1.54) is 19.3 Å². The topological polar surface area (TPSA) is 26.3 Å². The average molecular weight is 280 g/mol. The van der Waals surface area contributed by atoms with E-state index >= 15 is 0 Å². The van der Waals surface area contributed by atoms with Gasteiger partial charge in [0.25, 0.3) is 0 Å². The highest BCUT2D eigenvalue weighted by atomic mass is 16.5. The molecule has 1 saturated heterocycles. The van der Waals surface area contributed by atoms with Gasteiger partial charge in [-0.05, 0) is 50.9 Å². The molecule has 1 aliphatic heterocycles. The van der Waals surface area contributed by atoms with Crippen LogP contribution in [0.3, 0.4) is 0 Å². The summed E-state index contributed by atoms with van der Waals surface area (Å²) in [7, 11) is 0. The third-order valence-corrected chi connectivity index (χ3v) is 5.99. The van der Waals surface area contributed by atoms with Gasteiger partial charge in [-0.15, -0.1) is 0 Å². The summed E-state index contributed by atoms with van der Waals surface area (Å²) in [5.74, 6) is 0.486. The highest BCUT2D eigenvalue weighted by molar-refractivity contribution is 5.87. The molecule has 2 unspecified atom stereocenters. The molecule has 116 valence electrons. The van der Waals surface area contributed by atoms with Gasteiger partial charge in [0.2, 0.25) is 0 Å². The van der Waals surface area contributed by atoms with E-state index < -0.39 is 0 Å². The minimum absolute atomic E-state index is 0.145. The lowest BCUT2D eigenvalue weighted by Crippen LogP contribution is -2.44. The van der Waals surface area contributed by atoms with Crippen molar-refractivity contribution in [3.8, 4) is 0 Å². The smallest absolute Gasteiger partial charge is 0.142 e. The first-order valence-corrected chi connectivity index (χ1v) is 8.53. The second kappa shape index (κ2) is 5.79. The number of ether oxygens (including phenoxy) is 1. The Hall–Kier alpha value is -0.370. The number of Topliss-reactive ketones (excluding diaryl/α,β-unsaturated/α-hetero) is 1. The molecule has 0 radical (unpaired) electrons. The zero-order valence-corrected chi connectivity index (χ0v) is 13.9.